The number of carbonyl (C=O) groups excluding carboxylic acids is 2. The number of aliphatic hydroxyl groups is 1. The molecule has 4 nitrogen and oxygen atoms in total. The van der Waals surface area contributed by atoms with Crippen molar-refractivity contribution in [3.63, 3.8) is 0 Å². The molecule has 3 heterocycles. The maximum atomic E-state index is 13.0. The van der Waals surface area contributed by atoms with Crippen molar-refractivity contribution in [1.29, 1.82) is 0 Å². The van der Waals surface area contributed by atoms with Gasteiger partial charge in [-0.2, -0.15) is 0 Å². The van der Waals surface area contributed by atoms with Crippen molar-refractivity contribution in [1.82, 2.24) is 0 Å². The summed E-state index contributed by atoms with van der Waals surface area (Å²) < 4.78 is 0. The number of Topliss-reactive ketones (excluding diaryl/α,β-unsaturated/α-hetero) is 1. The van der Waals surface area contributed by atoms with E-state index in [1.807, 2.05) is 48.7 Å². The number of amides is 1. The van der Waals surface area contributed by atoms with Crippen LogP contribution in [0.15, 0.2) is 70.6 Å². The quantitative estimate of drug-likeness (QED) is 0.654. The molecule has 130 valence electrons. The second kappa shape index (κ2) is 6.55. The normalized spacial score (nSPS) is 17.2. The molecule has 1 aliphatic heterocycles. The van der Waals surface area contributed by atoms with Crippen LogP contribution < -0.4 is 4.90 Å². The van der Waals surface area contributed by atoms with Crippen molar-refractivity contribution in [3.05, 3.63) is 85.9 Å². The molecule has 0 fully saturated rings. The van der Waals surface area contributed by atoms with E-state index in [1.54, 1.807) is 17.5 Å². The van der Waals surface area contributed by atoms with Crippen LogP contribution in [-0.2, 0) is 4.79 Å². The molecule has 1 N–H and O–H groups in total. The monoisotopic (exact) mass is 381 g/mol. The zero-order chi connectivity index (χ0) is 18.3. The number of hydrogen-bond donors (Lipinski definition) is 1. The topological polar surface area (TPSA) is 57.6 Å². The summed E-state index contributed by atoms with van der Waals surface area (Å²) in [5.74, 6) is -1.33. The molecule has 0 bridgehead atoms. The molecule has 4 rings (SSSR count). The summed E-state index contributed by atoms with van der Waals surface area (Å²) in [5.41, 5.74) is 1.86. The fourth-order valence-corrected chi connectivity index (χ4v) is 4.57. The van der Waals surface area contributed by atoms with Crippen molar-refractivity contribution in [2.24, 2.45) is 0 Å². The number of carbonyl (C=O) groups is 2. The van der Waals surface area contributed by atoms with Gasteiger partial charge in [-0.25, -0.2) is 0 Å². The van der Waals surface area contributed by atoms with Gasteiger partial charge in [0, 0.05) is 10.6 Å². The van der Waals surface area contributed by atoms with Crippen molar-refractivity contribution >= 4 is 40.1 Å². The van der Waals surface area contributed by atoms with Crippen LogP contribution in [0.4, 0.5) is 5.69 Å². The Hall–Kier alpha value is -2.70. The minimum absolute atomic E-state index is 0.139. The molecule has 3 aromatic rings. The Kier molecular flexibility index (Phi) is 4.22. The number of ketones is 1. The number of thiophene rings is 2. The number of aryl methyl sites for hydroxylation is 1. The van der Waals surface area contributed by atoms with Gasteiger partial charge >= 0.3 is 0 Å². The van der Waals surface area contributed by atoms with Crippen LogP contribution in [0.1, 0.15) is 26.2 Å². The summed E-state index contributed by atoms with van der Waals surface area (Å²) in [5, 5.41) is 14.3. The molecule has 1 amide bonds. The Balaban J connectivity index is 1.86. The van der Waals surface area contributed by atoms with Gasteiger partial charge in [0.15, 0.2) is 5.76 Å². The highest BCUT2D eigenvalue weighted by Gasteiger charge is 2.45. The summed E-state index contributed by atoms with van der Waals surface area (Å²) >= 11 is 2.75. The van der Waals surface area contributed by atoms with Gasteiger partial charge < -0.3 is 5.11 Å². The zero-order valence-corrected chi connectivity index (χ0v) is 15.5. The van der Waals surface area contributed by atoms with E-state index < -0.39 is 17.7 Å². The molecule has 1 aliphatic rings. The van der Waals surface area contributed by atoms with Crippen LogP contribution in [-0.4, -0.2) is 16.8 Å². The highest BCUT2D eigenvalue weighted by molar-refractivity contribution is 7.12. The van der Waals surface area contributed by atoms with E-state index in [4.69, 9.17) is 0 Å². The summed E-state index contributed by atoms with van der Waals surface area (Å²) in [6.45, 7) is 1.97. The Morgan fingerprint density at radius 3 is 2.35 bits per heavy atom. The third-order valence-corrected chi connectivity index (χ3v) is 6.12. The van der Waals surface area contributed by atoms with Crippen molar-refractivity contribution < 1.29 is 14.7 Å². The summed E-state index contributed by atoms with van der Waals surface area (Å²) in [6, 6.07) is 14.1. The average molecular weight is 381 g/mol. The van der Waals surface area contributed by atoms with Crippen molar-refractivity contribution in [2.75, 3.05) is 4.90 Å². The smallest absolute Gasteiger partial charge is 0.294 e. The van der Waals surface area contributed by atoms with E-state index in [2.05, 4.69) is 0 Å². The standard InChI is InChI=1S/C20H15NO3S2/c1-12-6-8-13(9-7-12)21-17(14-4-2-10-25-14)16(19(23)20(21)24)18(22)15-5-3-11-26-15/h2-11,17,23H,1H3. The number of nitrogens with zero attached hydrogens (tertiary/aromatic N) is 1. The maximum Gasteiger partial charge on any atom is 0.294 e. The number of hydrogen-bond acceptors (Lipinski definition) is 5. The number of rotatable bonds is 4. The van der Waals surface area contributed by atoms with E-state index in [9.17, 15) is 14.7 Å². The third-order valence-electron chi connectivity index (χ3n) is 4.32. The minimum Gasteiger partial charge on any atom is -0.503 e. The van der Waals surface area contributed by atoms with Gasteiger partial charge in [-0.1, -0.05) is 29.8 Å². The fourth-order valence-electron chi connectivity index (χ4n) is 3.07. The molecule has 1 unspecified atom stereocenters. The molecule has 2 aromatic heterocycles. The molecule has 1 aromatic carbocycles. The first-order chi connectivity index (χ1) is 12.6. The lowest BCUT2D eigenvalue weighted by Gasteiger charge is -2.25. The van der Waals surface area contributed by atoms with E-state index in [0.29, 0.717) is 10.6 Å². The molecule has 0 saturated heterocycles. The predicted octanol–water partition coefficient (Wildman–Crippen LogP) is 4.90. The summed E-state index contributed by atoms with van der Waals surface area (Å²) in [6.07, 6.45) is 0. The second-order valence-corrected chi connectivity index (χ2v) is 7.92. The lowest BCUT2D eigenvalue weighted by Crippen LogP contribution is -2.30. The Morgan fingerprint density at radius 2 is 1.73 bits per heavy atom. The Bertz CT molecular complexity index is 986. The number of anilines is 1. The van der Waals surface area contributed by atoms with Gasteiger partial charge in [0.05, 0.1) is 10.5 Å². The van der Waals surface area contributed by atoms with Crippen LogP contribution in [0.3, 0.4) is 0 Å². The minimum atomic E-state index is -0.625. The van der Waals surface area contributed by atoms with E-state index in [0.717, 1.165) is 10.4 Å². The van der Waals surface area contributed by atoms with Crippen LogP contribution in [0.2, 0.25) is 0 Å². The van der Waals surface area contributed by atoms with Gasteiger partial charge in [0.1, 0.15) is 6.04 Å². The Labute approximate surface area is 158 Å². The third kappa shape index (κ3) is 2.67. The molecule has 6 heteroatoms. The average Bonchev–Trinajstić information content (AvgIpc) is 3.38. The van der Waals surface area contributed by atoms with Crippen LogP contribution >= 0.6 is 22.7 Å². The van der Waals surface area contributed by atoms with E-state index >= 15 is 0 Å². The highest BCUT2D eigenvalue weighted by Crippen LogP contribution is 2.43. The first-order valence-corrected chi connectivity index (χ1v) is 9.79. The molecule has 0 saturated carbocycles. The number of benzene rings is 1. The number of aliphatic hydroxyl groups excluding tert-OH is 1. The SMILES string of the molecule is Cc1ccc(N2C(=O)C(O)=C(C(=O)c3cccs3)C2c2cccs2)cc1. The zero-order valence-electron chi connectivity index (χ0n) is 13.9. The maximum absolute atomic E-state index is 13.0. The van der Waals surface area contributed by atoms with Crippen molar-refractivity contribution in [2.45, 2.75) is 13.0 Å². The summed E-state index contributed by atoms with van der Waals surface area (Å²) in [7, 11) is 0. The van der Waals surface area contributed by atoms with Crippen LogP contribution in [0.5, 0.6) is 0 Å². The van der Waals surface area contributed by atoms with E-state index in [1.165, 1.54) is 27.6 Å². The molecule has 0 radical (unpaired) electrons. The van der Waals surface area contributed by atoms with Gasteiger partial charge in [-0.15, -0.1) is 22.7 Å². The first kappa shape index (κ1) is 16.8. The largest absolute Gasteiger partial charge is 0.503 e. The molecule has 1 atom stereocenters. The second-order valence-electron chi connectivity index (χ2n) is 6.00. The fraction of sp³-hybridized carbons (Fsp3) is 0.100. The van der Waals surface area contributed by atoms with Gasteiger partial charge in [-0.05, 0) is 41.9 Å². The van der Waals surface area contributed by atoms with Gasteiger partial charge in [-0.3, -0.25) is 14.5 Å². The van der Waals surface area contributed by atoms with Crippen molar-refractivity contribution in [3.8, 4) is 0 Å². The van der Waals surface area contributed by atoms with Gasteiger partial charge in [0.25, 0.3) is 5.91 Å². The molecule has 26 heavy (non-hydrogen) atoms. The van der Waals surface area contributed by atoms with Crippen LogP contribution in [0, 0.1) is 6.92 Å². The molecule has 0 aliphatic carbocycles. The predicted molar refractivity (Wildman–Crippen MR) is 104 cm³/mol. The first-order valence-electron chi connectivity index (χ1n) is 8.03. The lowest BCUT2D eigenvalue weighted by atomic mass is 10.0. The van der Waals surface area contributed by atoms with E-state index in [-0.39, 0.29) is 11.4 Å². The molecular formula is C20H15NO3S2. The van der Waals surface area contributed by atoms with Gasteiger partial charge in [0.2, 0.25) is 5.78 Å². The highest BCUT2D eigenvalue weighted by atomic mass is 32.1. The molecule has 0 spiro atoms. The lowest BCUT2D eigenvalue weighted by molar-refractivity contribution is -0.117. The Morgan fingerprint density at radius 1 is 1.04 bits per heavy atom. The molecular weight excluding hydrogens is 366 g/mol. The van der Waals surface area contributed by atoms with Crippen LogP contribution in [0.25, 0.3) is 0 Å². The summed E-state index contributed by atoms with van der Waals surface area (Å²) in [4.78, 5) is 28.7.